The standard InChI is InChI=1S/C16H33NO/c1-6-7-12-16(4,5)15(18)17-13-10-8-9-11-14(2)3/h14H,6-13H2,1-5H3,(H,17,18). The SMILES string of the molecule is CCCCC(C)(C)C(=O)NCCCCCC(C)C. The number of carbonyl (C=O) groups excluding carboxylic acids is 1. The van der Waals surface area contributed by atoms with Gasteiger partial charge in [0.15, 0.2) is 0 Å². The van der Waals surface area contributed by atoms with Crippen molar-refractivity contribution in [3.8, 4) is 0 Å². The molecule has 0 aromatic heterocycles. The van der Waals surface area contributed by atoms with Crippen molar-refractivity contribution < 1.29 is 4.79 Å². The van der Waals surface area contributed by atoms with E-state index in [1.807, 2.05) is 0 Å². The molecule has 0 atom stereocenters. The zero-order valence-corrected chi connectivity index (χ0v) is 13.1. The molecule has 0 aliphatic rings. The molecule has 0 bridgehead atoms. The van der Waals surface area contributed by atoms with Crippen LogP contribution in [-0.4, -0.2) is 12.5 Å². The van der Waals surface area contributed by atoms with Gasteiger partial charge in [0.05, 0.1) is 0 Å². The number of rotatable bonds is 10. The van der Waals surface area contributed by atoms with Gasteiger partial charge in [-0.2, -0.15) is 0 Å². The molecule has 0 unspecified atom stereocenters. The van der Waals surface area contributed by atoms with Crippen molar-refractivity contribution in [1.29, 1.82) is 0 Å². The Morgan fingerprint density at radius 2 is 1.78 bits per heavy atom. The average molecular weight is 255 g/mol. The van der Waals surface area contributed by atoms with Gasteiger partial charge in [-0.25, -0.2) is 0 Å². The van der Waals surface area contributed by atoms with E-state index in [2.05, 4.69) is 39.9 Å². The Balaban J connectivity index is 3.63. The second-order valence-electron chi connectivity index (χ2n) is 6.49. The van der Waals surface area contributed by atoms with Gasteiger partial charge in [0.1, 0.15) is 0 Å². The molecule has 2 heteroatoms. The summed E-state index contributed by atoms with van der Waals surface area (Å²) in [4.78, 5) is 12.0. The van der Waals surface area contributed by atoms with Crippen LogP contribution >= 0.6 is 0 Å². The maximum atomic E-state index is 12.0. The van der Waals surface area contributed by atoms with Crippen LogP contribution in [-0.2, 0) is 4.79 Å². The number of unbranched alkanes of at least 4 members (excludes halogenated alkanes) is 3. The van der Waals surface area contributed by atoms with Gasteiger partial charge in [0.2, 0.25) is 5.91 Å². The molecule has 0 fully saturated rings. The third-order valence-corrected chi connectivity index (χ3v) is 3.51. The lowest BCUT2D eigenvalue weighted by molar-refractivity contribution is -0.129. The second-order valence-corrected chi connectivity index (χ2v) is 6.49. The number of amides is 1. The number of carbonyl (C=O) groups is 1. The molecule has 0 saturated heterocycles. The highest BCUT2D eigenvalue weighted by molar-refractivity contribution is 5.81. The van der Waals surface area contributed by atoms with E-state index in [1.165, 1.54) is 19.3 Å². The zero-order chi connectivity index (χ0) is 14.0. The first kappa shape index (κ1) is 17.5. The van der Waals surface area contributed by atoms with Crippen LogP contribution in [0.25, 0.3) is 0 Å². The first-order valence-electron chi connectivity index (χ1n) is 7.68. The minimum atomic E-state index is -0.200. The highest BCUT2D eigenvalue weighted by Crippen LogP contribution is 2.23. The van der Waals surface area contributed by atoms with Crippen molar-refractivity contribution in [3.05, 3.63) is 0 Å². The molecule has 1 amide bonds. The van der Waals surface area contributed by atoms with Gasteiger partial charge in [-0.1, -0.05) is 66.7 Å². The molecular formula is C16H33NO. The van der Waals surface area contributed by atoms with Gasteiger partial charge in [0.25, 0.3) is 0 Å². The normalized spacial score (nSPS) is 11.9. The van der Waals surface area contributed by atoms with Gasteiger partial charge in [-0.3, -0.25) is 4.79 Å². The smallest absolute Gasteiger partial charge is 0.225 e. The van der Waals surface area contributed by atoms with Crippen LogP contribution in [0.5, 0.6) is 0 Å². The van der Waals surface area contributed by atoms with E-state index in [1.54, 1.807) is 0 Å². The van der Waals surface area contributed by atoms with Crippen LogP contribution in [0.1, 0.15) is 79.6 Å². The molecule has 108 valence electrons. The molecule has 0 saturated carbocycles. The molecule has 0 aliphatic carbocycles. The minimum absolute atomic E-state index is 0.200. The summed E-state index contributed by atoms with van der Waals surface area (Å²) in [6.07, 6.45) is 8.21. The summed E-state index contributed by atoms with van der Waals surface area (Å²) in [7, 11) is 0. The van der Waals surface area contributed by atoms with E-state index in [0.29, 0.717) is 0 Å². The molecule has 1 N–H and O–H groups in total. The fraction of sp³-hybridized carbons (Fsp3) is 0.938. The number of nitrogens with one attached hydrogen (secondary N) is 1. The van der Waals surface area contributed by atoms with E-state index >= 15 is 0 Å². The lowest BCUT2D eigenvalue weighted by Crippen LogP contribution is -2.37. The van der Waals surface area contributed by atoms with Crippen molar-refractivity contribution >= 4 is 5.91 Å². The Morgan fingerprint density at radius 1 is 1.11 bits per heavy atom. The van der Waals surface area contributed by atoms with Crippen molar-refractivity contribution in [1.82, 2.24) is 5.32 Å². The van der Waals surface area contributed by atoms with Gasteiger partial charge in [0, 0.05) is 12.0 Å². The summed E-state index contributed by atoms with van der Waals surface area (Å²) >= 11 is 0. The maximum absolute atomic E-state index is 12.0. The van der Waals surface area contributed by atoms with Crippen molar-refractivity contribution in [2.24, 2.45) is 11.3 Å². The third-order valence-electron chi connectivity index (χ3n) is 3.51. The summed E-state index contributed by atoms with van der Waals surface area (Å²) in [5, 5.41) is 3.08. The Bertz CT molecular complexity index is 221. The molecule has 0 aromatic rings. The van der Waals surface area contributed by atoms with E-state index in [-0.39, 0.29) is 11.3 Å². The van der Waals surface area contributed by atoms with Gasteiger partial charge in [-0.05, 0) is 18.8 Å². The number of hydrogen-bond acceptors (Lipinski definition) is 1. The fourth-order valence-corrected chi connectivity index (χ4v) is 2.03. The van der Waals surface area contributed by atoms with Crippen LogP contribution in [0, 0.1) is 11.3 Å². The van der Waals surface area contributed by atoms with Gasteiger partial charge in [-0.15, -0.1) is 0 Å². The predicted molar refractivity (Wildman–Crippen MR) is 79.6 cm³/mol. The Hall–Kier alpha value is -0.530. The highest BCUT2D eigenvalue weighted by atomic mass is 16.2. The Labute approximate surface area is 114 Å². The van der Waals surface area contributed by atoms with E-state index < -0.39 is 0 Å². The predicted octanol–water partition coefficient (Wildman–Crippen LogP) is 4.54. The maximum Gasteiger partial charge on any atom is 0.225 e. The quantitative estimate of drug-likeness (QED) is 0.571. The van der Waals surface area contributed by atoms with E-state index in [9.17, 15) is 4.79 Å². The molecule has 0 spiro atoms. The van der Waals surface area contributed by atoms with Crippen molar-refractivity contribution in [2.45, 2.75) is 79.6 Å². The lowest BCUT2D eigenvalue weighted by atomic mass is 9.86. The average Bonchev–Trinajstić information content (AvgIpc) is 2.30. The summed E-state index contributed by atoms with van der Waals surface area (Å²) in [6.45, 7) is 11.6. The monoisotopic (exact) mass is 255 g/mol. The van der Waals surface area contributed by atoms with Crippen molar-refractivity contribution in [2.75, 3.05) is 6.54 Å². The highest BCUT2D eigenvalue weighted by Gasteiger charge is 2.25. The molecule has 0 heterocycles. The first-order valence-corrected chi connectivity index (χ1v) is 7.68. The lowest BCUT2D eigenvalue weighted by Gasteiger charge is -2.23. The van der Waals surface area contributed by atoms with Gasteiger partial charge >= 0.3 is 0 Å². The van der Waals surface area contributed by atoms with Crippen molar-refractivity contribution in [3.63, 3.8) is 0 Å². The molecule has 18 heavy (non-hydrogen) atoms. The third kappa shape index (κ3) is 8.54. The molecular weight excluding hydrogens is 222 g/mol. The van der Waals surface area contributed by atoms with Crippen LogP contribution < -0.4 is 5.32 Å². The largest absolute Gasteiger partial charge is 0.356 e. The van der Waals surface area contributed by atoms with E-state index in [4.69, 9.17) is 0 Å². The molecule has 0 rings (SSSR count). The Kier molecular flexibility index (Phi) is 9.13. The molecule has 2 nitrogen and oxygen atoms in total. The van der Waals surface area contributed by atoms with Crippen LogP contribution in [0.3, 0.4) is 0 Å². The van der Waals surface area contributed by atoms with Crippen LogP contribution in [0.2, 0.25) is 0 Å². The fourth-order valence-electron chi connectivity index (χ4n) is 2.03. The van der Waals surface area contributed by atoms with Gasteiger partial charge < -0.3 is 5.32 Å². The zero-order valence-electron chi connectivity index (χ0n) is 13.1. The molecule has 0 aliphatic heterocycles. The van der Waals surface area contributed by atoms with Crippen LogP contribution in [0.4, 0.5) is 0 Å². The topological polar surface area (TPSA) is 29.1 Å². The summed E-state index contributed by atoms with van der Waals surface area (Å²) < 4.78 is 0. The summed E-state index contributed by atoms with van der Waals surface area (Å²) in [5.41, 5.74) is -0.200. The molecule has 0 radical (unpaired) electrons. The van der Waals surface area contributed by atoms with Crippen LogP contribution in [0.15, 0.2) is 0 Å². The summed E-state index contributed by atoms with van der Waals surface area (Å²) in [6, 6.07) is 0. The minimum Gasteiger partial charge on any atom is -0.356 e. The van der Waals surface area contributed by atoms with E-state index in [0.717, 1.165) is 38.1 Å². The summed E-state index contributed by atoms with van der Waals surface area (Å²) in [5.74, 6) is 1.02. The first-order chi connectivity index (χ1) is 8.40. The second kappa shape index (κ2) is 9.41. The Morgan fingerprint density at radius 3 is 2.33 bits per heavy atom. The number of hydrogen-bond donors (Lipinski definition) is 1. The molecule has 0 aromatic carbocycles.